The van der Waals surface area contributed by atoms with Crippen molar-refractivity contribution >= 4 is 5.97 Å². The summed E-state index contributed by atoms with van der Waals surface area (Å²) in [5.41, 5.74) is -0.598. The van der Waals surface area contributed by atoms with E-state index in [4.69, 9.17) is 4.74 Å². The van der Waals surface area contributed by atoms with Crippen LogP contribution in [0.2, 0.25) is 0 Å². The molecule has 1 saturated carbocycles. The molecule has 0 N–H and O–H groups in total. The van der Waals surface area contributed by atoms with E-state index in [9.17, 15) is 9.18 Å². The van der Waals surface area contributed by atoms with Gasteiger partial charge in [-0.05, 0) is 12.0 Å². The van der Waals surface area contributed by atoms with Gasteiger partial charge in [-0.15, -0.1) is 0 Å². The van der Waals surface area contributed by atoms with Crippen molar-refractivity contribution in [3.05, 3.63) is 35.9 Å². The molecule has 0 aliphatic heterocycles. The lowest BCUT2D eigenvalue weighted by Crippen LogP contribution is -2.09. The third-order valence-electron chi connectivity index (χ3n) is 2.77. The van der Waals surface area contributed by atoms with Crippen LogP contribution in [0.5, 0.6) is 0 Å². The Kier molecular flexibility index (Phi) is 2.47. The maximum Gasteiger partial charge on any atom is 0.302 e. The van der Waals surface area contributed by atoms with Gasteiger partial charge in [0, 0.05) is 12.8 Å². The molecule has 3 heteroatoms. The van der Waals surface area contributed by atoms with Crippen LogP contribution in [-0.2, 0) is 15.2 Å². The van der Waals surface area contributed by atoms with Crippen molar-refractivity contribution in [1.82, 2.24) is 0 Å². The quantitative estimate of drug-likeness (QED) is 0.713. The molecule has 0 heterocycles. The molecule has 2 atom stereocenters. The Labute approximate surface area is 88.1 Å². The lowest BCUT2D eigenvalue weighted by Gasteiger charge is -2.07. The standard InChI is InChI=1S/C12H13FO2/c1-9(14)15-8-11-7-12(11,13)10-5-3-2-4-6-10/h2-6,11H,7-8H2,1H3/t11-,12-/m1/s1. The highest BCUT2D eigenvalue weighted by molar-refractivity contribution is 5.65. The summed E-state index contributed by atoms with van der Waals surface area (Å²) in [5, 5.41) is 0. The number of benzene rings is 1. The number of carbonyl (C=O) groups is 1. The predicted octanol–water partition coefficient (Wildman–Crippen LogP) is 2.43. The first kappa shape index (κ1) is 10.1. The minimum Gasteiger partial charge on any atom is -0.465 e. The van der Waals surface area contributed by atoms with Crippen LogP contribution in [0.4, 0.5) is 4.39 Å². The summed E-state index contributed by atoms with van der Waals surface area (Å²) in [6.45, 7) is 1.52. The Morgan fingerprint density at radius 1 is 1.53 bits per heavy atom. The fraction of sp³-hybridized carbons (Fsp3) is 0.417. The fourth-order valence-corrected chi connectivity index (χ4v) is 1.78. The molecule has 0 bridgehead atoms. The first-order valence-corrected chi connectivity index (χ1v) is 5.01. The topological polar surface area (TPSA) is 26.3 Å². The largest absolute Gasteiger partial charge is 0.465 e. The van der Waals surface area contributed by atoms with Crippen molar-refractivity contribution in [1.29, 1.82) is 0 Å². The van der Waals surface area contributed by atoms with E-state index in [2.05, 4.69) is 0 Å². The second kappa shape index (κ2) is 3.65. The molecular formula is C12H13FO2. The van der Waals surface area contributed by atoms with Gasteiger partial charge in [0.1, 0.15) is 5.67 Å². The van der Waals surface area contributed by atoms with E-state index in [1.165, 1.54) is 6.92 Å². The number of halogens is 1. The van der Waals surface area contributed by atoms with E-state index >= 15 is 0 Å². The minimum absolute atomic E-state index is 0.177. The molecule has 0 amide bonds. The van der Waals surface area contributed by atoms with Gasteiger partial charge in [0.15, 0.2) is 0 Å². The summed E-state index contributed by atoms with van der Waals surface area (Å²) in [6, 6.07) is 9.04. The highest BCUT2D eigenvalue weighted by Gasteiger charge is 2.57. The zero-order valence-electron chi connectivity index (χ0n) is 8.57. The van der Waals surface area contributed by atoms with Gasteiger partial charge in [-0.3, -0.25) is 4.79 Å². The molecule has 0 unspecified atom stereocenters. The van der Waals surface area contributed by atoms with E-state index in [-0.39, 0.29) is 18.5 Å². The smallest absolute Gasteiger partial charge is 0.302 e. The lowest BCUT2D eigenvalue weighted by molar-refractivity contribution is -0.141. The summed E-state index contributed by atoms with van der Waals surface area (Å²) in [4.78, 5) is 10.6. The minimum atomic E-state index is -1.28. The summed E-state index contributed by atoms with van der Waals surface area (Å²) >= 11 is 0. The normalized spacial score (nSPS) is 28.5. The van der Waals surface area contributed by atoms with Crippen LogP contribution >= 0.6 is 0 Å². The van der Waals surface area contributed by atoms with Crippen molar-refractivity contribution in [3.8, 4) is 0 Å². The first-order chi connectivity index (χ1) is 7.13. The van der Waals surface area contributed by atoms with Crippen LogP contribution < -0.4 is 0 Å². The number of hydrogen-bond acceptors (Lipinski definition) is 2. The highest BCUT2D eigenvalue weighted by Crippen LogP contribution is 2.55. The molecule has 0 aromatic heterocycles. The zero-order chi connectivity index (χ0) is 10.9. The Morgan fingerprint density at radius 3 is 2.80 bits per heavy atom. The van der Waals surface area contributed by atoms with Gasteiger partial charge >= 0.3 is 5.97 Å². The molecule has 0 saturated heterocycles. The Morgan fingerprint density at radius 2 is 2.20 bits per heavy atom. The zero-order valence-corrected chi connectivity index (χ0v) is 8.57. The first-order valence-electron chi connectivity index (χ1n) is 5.01. The number of esters is 1. The molecule has 1 aliphatic rings. The van der Waals surface area contributed by atoms with Gasteiger partial charge in [0.25, 0.3) is 0 Å². The molecule has 1 aliphatic carbocycles. The maximum absolute atomic E-state index is 14.2. The predicted molar refractivity (Wildman–Crippen MR) is 54.0 cm³/mol. The highest BCUT2D eigenvalue weighted by atomic mass is 19.1. The van der Waals surface area contributed by atoms with Crippen molar-refractivity contribution in [2.45, 2.75) is 19.0 Å². The summed E-state index contributed by atoms with van der Waals surface area (Å²) in [6.07, 6.45) is 0.449. The molecule has 2 nitrogen and oxygen atoms in total. The average Bonchev–Trinajstić information content (AvgIpc) is 2.90. The molecular weight excluding hydrogens is 195 g/mol. The number of hydrogen-bond donors (Lipinski definition) is 0. The summed E-state index contributed by atoms with van der Waals surface area (Å²) in [7, 11) is 0. The van der Waals surface area contributed by atoms with Gasteiger partial charge in [0.2, 0.25) is 0 Å². The van der Waals surface area contributed by atoms with Gasteiger partial charge in [-0.1, -0.05) is 30.3 Å². The SMILES string of the molecule is CC(=O)OC[C@H]1C[C@@]1(F)c1ccccc1. The van der Waals surface area contributed by atoms with Crippen LogP contribution in [0.25, 0.3) is 0 Å². The maximum atomic E-state index is 14.2. The van der Waals surface area contributed by atoms with Crippen molar-refractivity contribution < 1.29 is 13.9 Å². The lowest BCUT2D eigenvalue weighted by atomic mass is 10.1. The van der Waals surface area contributed by atoms with Crippen LogP contribution in [0.1, 0.15) is 18.9 Å². The molecule has 1 aromatic carbocycles. The van der Waals surface area contributed by atoms with Crippen LogP contribution in [0, 0.1) is 5.92 Å². The van der Waals surface area contributed by atoms with Gasteiger partial charge in [0.05, 0.1) is 6.61 Å². The van der Waals surface area contributed by atoms with E-state index in [0.717, 1.165) is 0 Å². The van der Waals surface area contributed by atoms with Crippen molar-refractivity contribution in [2.24, 2.45) is 5.92 Å². The second-order valence-electron chi connectivity index (χ2n) is 3.93. The Balaban J connectivity index is 1.98. The summed E-state index contributed by atoms with van der Waals surface area (Å²) in [5.74, 6) is -0.527. The molecule has 15 heavy (non-hydrogen) atoms. The van der Waals surface area contributed by atoms with E-state index in [0.29, 0.717) is 12.0 Å². The Bertz CT molecular complexity index is 363. The van der Waals surface area contributed by atoms with Gasteiger partial charge < -0.3 is 4.74 Å². The number of rotatable bonds is 3. The number of alkyl halides is 1. The molecule has 1 aromatic rings. The molecule has 0 radical (unpaired) electrons. The monoisotopic (exact) mass is 208 g/mol. The molecule has 2 rings (SSSR count). The van der Waals surface area contributed by atoms with E-state index in [1.54, 1.807) is 12.1 Å². The third kappa shape index (κ3) is 2.01. The summed E-state index contributed by atoms with van der Waals surface area (Å²) < 4.78 is 19.0. The van der Waals surface area contributed by atoms with E-state index < -0.39 is 5.67 Å². The van der Waals surface area contributed by atoms with E-state index in [1.807, 2.05) is 18.2 Å². The van der Waals surface area contributed by atoms with Crippen molar-refractivity contribution in [3.63, 3.8) is 0 Å². The molecule has 80 valence electrons. The number of ether oxygens (including phenoxy) is 1. The van der Waals surface area contributed by atoms with Gasteiger partial charge in [-0.25, -0.2) is 4.39 Å². The fourth-order valence-electron chi connectivity index (χ4n) is 1.78. The number of carbonyl (C=O) groups excluding carboxylic acids is 1. The van der Waals surface area contributed by atoms with Crippen LogP contribution in [0.3, 0.4) is 0 Å². The van der Waals surface area contributed by atoms with Crippen molar-refractivity contribution in [2.75, 3.05) is 6.61 Å². The molecule has 0 spiro atoms. The van der Waals surface area contributed by atoms with Gasteiger partial charge in [-0.2, -0.15) is 0 Å². The average molecular weight is 208 g/mol. The van der Waals surface area contributed by atoms with Crippen LogP contribution in [0.15, 0.2) is 30.3 Å². The second-order valence-corrected chi connectivity index (χ2v) is 3.93. The van der Waals surface area contributed by atoms with Crippen LogP contribution in [-0.4, -0.2) is 12.6 Å². The molecule has 1 fully saturated rings. The Hall–Kier alpha value is -1.38. The third-order valence-corrected chi connectivity index (χ3v) is 2.77.